The first-order chi connectivity index (χ1) is 9.22. The van der Waals surface area contributed by atoms with Gasteiger partial charge in [-0.2, -0.15) is 0 Å². The molecule has 1 aliphatic rings. The summed E-state index contributed by atoms with van der Waals surface area (Å²) in [6.45, 7) is 0.472. The number of nitrogens with one attached hydrogen (secondary N) is 2. The van der Waals surface area contributed by atoms with Gasteiger partial charge in [0.15, 0.2) is 0 Å². The van der Waals surface area contributed by atoms with Gasteiger partial charge in [0.05, 0.1) is 18.2 Å². The lowest BCUT2D eigenvalue weighted by Crippen LogP contribution is -2.19. The van der Waals surface area contributed by atoms with E-state index in [1.54, 1.807) is 18.6 Å². The average Bonchev–Trinajstić information content (AvgIpc) is 2.90. The van der Waals surface area contributed by atoms with Crippen LogP contribution >= 0.6 is 0 Å². The highest BCUT2D eigenvalue weighted by Crippen LogP contribution is 2.28. The largest absolute Gasteiger partial charge is 0.472 e. The molecule has 1 aliphatic heterocycles. The third-order valence-electron chi connectivity index (χ3n) is 3.15. The summed E-state index contributed by atoms with van der Waals surface area (Å²) in [5.74, 6) is -0.335. The molecule has 5 heteroatoms. The van der Waals surface area contributed by atoms with Crippen molar-refractivity contribution in [2.75, 3.05) is 10.6 Å². The van der Waals surface area contributed by atoms with Gasteiger partial charge < -0.3 is 15.1 Å². The van der Waals surface area contributed by atoms with Crippen LogP contribution in [0.15, 0.2) is 35.1 Å². The molecule has 3 rings (SSSR count). The molecule has 0 unspecified atom stereocenters. The van der Waals surface area contributed by atoms with Crippen molar-refractivity contribution in [3.8, 4) is 0 Å². The SMILES string of the molecule is O=C1CCc2cc(F)c(NCc3ccoc3)cc2N1. The lowest BCUT2D eigenvalue weighted by atomic mass is 10.0. The summed E-state index contributed by atoms with van der Waals surface area (Å²) in [5.41, 5.74) is 2.83. The van der Waals surface area contributed by atoms with E-state index in [2.05, 4.69) is 10.6 Å². The number of hydrogen-bond acceptors (Lipinski definition) is 3. The monoisotopic (exact) mass is 260 g/mol. The number of amides is 1. The fourth-order valence-corrected chi connectivity index (χ4v) is 2.12. The van der Waals surface area contributed by atoms with Crippen molar-refractivity contribution in [1.29, 1.82) is 0 Å². The van der Waals surface area contributed by atoms with Crippen LogP contribution in [-0.2, 0) is 17.8 Å². The second-order valence-electron chi connectivity index (χ2n) is 4.52. The zero-order valence-electron chi connectivity index (χ0n) is 10.2. The number of fused-ring (bicyclic) bond motifs is 1. The number of carbonyl (C=O) groups is 1. The Hall–Kier alpha value is -2.30. The molecule has 19 heavy (non-hydrogen) atoms. The number of furan rings is 1. The Bertz CT molecular complexity index is 608. The highest BCUT2D eigenvalue weighted by molar-refractivity contribution is 5.94. The molecule has 2 heterocycles. The maximum atomic E-state index is 13.9. The maximum absolute atomic E-state index is 13.9. The summed E-state index contributed by atoms with van der Waals surface area (Å²) in [5, 5.41) is 5.75. The first-order valence-corrected chi connectivity index (χ1v) is 6.09. The normalized spacial score (nSPS) is 13.8. The number of halogens is 1. The Morgan fingerprint density at radius 1 is 1.37 bits per heavy atom. The number of hydrogen-bond donors (Lipinski definition) is 2. The van der Waals surface area contributed by atoms with Gasteiger partial charge in [0.25, 0.3) is 0 Å². The number of anilines is 2. The van der Waals surface area contributed by atoms with Crippen molar-refractivity contribution in [2.24, 2.45) is 0 Å². The van der Waals surface area contributed by atoms with Crippen molar-refractivity contribution in [3.05, 3.63) is 47.7 Å². The molecule has 1 aromatic heterocycles. The molecule has 2 aromatic rings. The Labute approximate surface area is 109 Å². The lowest BCUT2D eigenvalue weighted by Gasteiger charge is -2.18. The Morgan fingerprint density at radius 3 is 3.05 bits per heavy atom. The minimum atomic E-state index is -0.307. The van der Waals surface area contributed by atoms with E-state index >= 15 is 0 Å². The third kappa shape index (κ3) is 2.45. The molecule has 98 valence electrons. The van der Waals surface area contributed by atoms with Gasteiger partial charge in [0.2, 0.25) is 5.91 Å². The van der Waals surface area contributed by atoms with E-state index in [4.69, 9.17) is 4.42 Å². The summed E-state index contributed by atoms with van der Waals surface area (Å²) < 4.78 is 18.9. The first kappa shape index (κ1) is 11.8. The van der Waals surface area contributed by atoms with E-state index in [-0.39, 0.29) is 11.7 Å². The highest BCUT2D eigenvalue weighted by Gasteiger charge is 2.17. The first-order valence-electron chi connectivity index (χ1n) is 6.09. The van der Waals surface area contributed by atoms with E-state index in [0.717, 1.165) is 11.1 Å². The highest BCUT2D eigenvalue weighted by atomic mass is 19.1. The fraction of sp³-hybridized carbons (Fsp3) is 0.214. The number of rotatable bonds is 3. The molecule has 0 atom stereocenters. The second kappa shape index (κ2) is 4.76. The number of benzene rings is 1. The van der Waals surface area contributed by atoms with Crippen LogP contribution in [0.3, 0.4) is 0 Å². The molecular formula is C14H13FN2O2. The molecule has 1 aromatic carbocycles. The second-order valence-corrected chi connectivity index (χ2v) is 4.52. The maximum Gasteiger partial charge on any atom is 0.224 e. The standard InChI is InChI=1S/C14H13FN2O2/c15-11-5-10-1-2-14(18)17-12(10)6-13(11)16-7-9-3-4-19-8-9/h3-6,8,16H,1-2,7H2,(H,17,18). The Morgan fingerprint density at radius 2 is 2.26 bits per heavy atom. The molecule has 0 spiro atoms. The Kier molecular flexibility index (Phi) is 2.95. The van der Waals surface area contributed by atoms with Crippen LogP contribution in [-0.4, -0.2) is 5.91 Å². The van der Waals surface area contributed by atoms with Crippen molar-refractivity contribution in [1.82, 2.24) is 0 Å². The van der Waals surface area contributed by atoms with Crippen LogP contribution in [0, 0.1) is 5.82 Å². The molecule has 0 aliphatic carbocycles. The molecule has 0 bridgehead atoms. The van der Waals surface area contributed by atoms with E-state index in [9.17, 15) is 9.18 Å². The van der Waals surface area contributed by atoms with Gasteiger partial charge in [-0.1, -0.05) is 0 Å². The predicted octanol–water partition coefficient (Wildman–Crippen LogP) is 2.92. The zero-order chi connectivity index (χ0) is 13.2. The average molecular weight is 260 g/mol. The van der Waals surface area contributed by atoms with Crippen molar-refractivity contribution >= 4 is 17.3 Å². The Balaban J connectivity index is 1.81. The van der Waals surface area contributed by atoms with Gasteiger partial charge in [-0.25, -0.2) is 4.39 Å². The zero-order valence-corrected chi connectivity index (χ0v) is 10.2. The summed E-state index contributed by atoms with van der Waals surface area (Å²) in [6, 6.07) is 4.93. The van der Waals surface area contributed by atoms with Crippen LogP contribution in [0.2, 0.25) is 0 Å². The van der Waals surface area contributed by atoms with Crippen LogP contribution in [0.25, 0.3) is 0 Å². The van der Waals surface area contributed by atoms with Crippen LogP contribution in [0.1, 0.15) is 17.5 Å². The van der Waals surface area contributed by atoms with E-state index < -0.39 is 0 Å². The van der Waals surface area contributed by atoms with Gasteiger partial charge in [-0.3, -0.25) is 4.79 Å². The molecule has 2 N–H and O–H groups in total. The van der Waals surface area contributed by atoms with E-state index in [1.807, 2.05) is 6.07 Å². The third-order valence-corrected chi connectivity index (χ3v) is 3.15. The minimum Gasteiger partial charge on any atom is -0.472 e. The number of carbonyl (C=O) groups excluding carboxylic acids is 1. The molecule has 0 saturated carbocycles. The minimum absolute atomic E-state index is 0.0279. The van der Waals surface area contributed by atoms with Gasteiger partial charge in [0.1, 0.15) is 5.82 Å². The van der Waals surface area contributed by atoms with Crippen LogP contribution in [0.5, 0.6) is 0 Å². The molecule has 0 radical (unpaired) electrons. The van der Waals surface area contributed by atoms with Gasteiger partial charge in [0, 0.05) is 24.2 Å². The molecule has 4 nitrogen and oxygen atoms in total. The van der Waals surface area contributed by atoms with Gasteiger partial charge in [-0.15, -0.1) is 0 Å². The van der Waals surface area contributed by atoms with Crippen molar-refractivity contribution in [2.45, 2.75) is 19.4 Å². The smallest absolute Gasteiger partial charge is 0.224 e. The topological polar surface area (TPSA) is 54.3 Å². The number of aryl methyl sites for hydroxylation is 1. The summed E-state index contributed by atoms with van der Waals surface area (Å²) in [6.07, 6.45) is 4.17. The van der Waals surface area contributed by atoms with E-state index in [1.165, 1.54) is 6.07 Å². The molecular weight excluding hydrogens is 247 g/mol. The predicted molar refractivity (Wildman–Crippen MR) is 69.4 cm³/mol. The summed E-state index contributed by atoms with van der Waals surface area (Å²) in [7, 11) is 0. The van der Waals surface area contributed by atoms with Crippen LogP contribution < -0.4 is 10.6 Å². The van der Waals surface area contributed by atoms with Crippen LogP contribution in [0.4, 0.5) is 15.8 Å². The van der Waals surface area contributed by atoms with Gasteiger partial charge in [-0.05, 0) is 30.2 Å². The lowest BCUT2D eigenvalue weighted by molar-refractivity contribution is -0.116. The summed E-state index contributed by atoms with van der Waals surface area (Å²) >= 11 is 0. The molecule has 1 amide bonds. The van der Waals surface area contributed by atoms with E-state index in [0.29, 0.717) is 30.8 Å². The quantitative estimate of drug-likeness (QED) is 0.892. The molecule has 0 fully saturated rings. The van der Waals surface area contributed by atoms with Gasteiger partial charge >= 0.3 is 0 Å². The molecule has 0 saturated heterocycles. The fourth-order valence-electron chi connectivity index (χ4n) is 2.12. The summed E-state index contributed by atoms with van der Waals surface area (Å²) in [4.78, 5) is 11.3. The van der Waals surface area contributed by atoms with Crippen molar-refractivity contribution < 1.29 is 13.6 Å². The van der Waals surface area contributed by atoms with Crippen molar-refractivity contribution in [3.63, 3.8) is 0 Å².